The molecule has 0 radical (unpaired) electrons. The minimum absolute atomic E-state index is 0.387. The van der Waals surface area contributed by atoms with Crippen LogP contribution in [0.15, 0.2) is 0 Å². The highest BCUT2D eigenvalue weighted by Gasteiger charge is 2.45. The zero-order valence-electron chi connectivity index (χ0n) is 10.5. The van der Waals surface area contributed by atoms with Gasteiger partial charge >= 0.3 is 0 Å². The summed E-state index contributed by atoms with van der Waals surface area (Å²) in [5.74, 6) is 0. The summed E-state index contributed by atoms with van der Waals surface area (Å²) in [6.45, 7) is 10.2. The van der Waals surface area contributed by atoms with Gasteiger partial charge < -0.3 is 9.64 Å². The van der Waals surface area contributed by atoms with E-state index in [1.54, 1.807) is 0 Å². The fourth-order valence-electron chi connectivity index (χ4n) is 2.53. The minimum atomic E-state index is 0.387. The molecule has 2 rings (SSSR count). The molecule has 0 aromatic rings. The van der Waals surface area contributed by atoms with Gasteiger partial charge in [0.2, 0.25) is 0 Å². The van der Waals surface area contributed by atoms with Crippen LogP contribution < -0.4 is 0 Å². The predicted molar refractivity (Wildman–Crippen MR) is 63.0 cm³/mol. The van der Waals surface area contributed by atoms with E-state index in [4.69, 9.17) is 4.74 Å². The molecule has 1 saturated heterocycles. The Morgan fingerprint density at radius 2 is 2.13 bits per heavy atom. The summed E-state index contributed by atoms with van der Waals surface area (Å²) >= 11 is 0. The van der Waals surface area contributed by atoms with Crippen LogP contribution in [0.5, 0.6) is 0 Å². The van der Waals surface area contributed by atoms with E-state index in [-0.39, 0.29) is 0 Å². The predicted octanol–water partition coefficient (Wildman–Crippen LogP) is 2.68. The third-order valence-electron chi connectivity index (χ3n) is 3.91. The van der Waals surface area contributed by atoms with Crippen molar-refractivity contribution < 1.29 is 4.74 Å². The quantitative estimate of drug-likeness (QED) is 0.693. The number of hydrogen-bond donors (Lipinski definition) is 0. The molecule has 1 saturated carbocycles. The molecular formula is C13H25NO. The molecule has 88 valence electrons. The first-order valence-electron chi connectivity index (χ1n) is 6.47. The zero-order valence-corrected chi connectivity index (χ0v) is 10.5. The zero-order chi connectivity index (χ0) is 10.9. The molecule has 2 aliphatic rings. The van der Waals surface area contributed by atoms with Crippen LogP contribution in [0.2, 0.25) is 0 Å². The highest BCUT2D eigenvalue weighted by Crippen LogP contribution is 2.47. The summed E-state index contributed by atoms with van der Waals surface area (Å²) in [5, 5.41) is 0. The lowest BCUT2D eigenvalue weighted by Gasteiger charge is -2.27. The summed E-state index contributed by atoms with van der Waals surface area (Å²) in [6, 6.07) is 0.807. The molecular weight excluding hydrogens is 186 g/mol. The van der Waals surface area contributed by atoms with Crippen molar-refractivity contribution in [3.05, 3.63) is 0 Å². The van der Waals surface area contributed by atoms with Gasteiger partial charge in [-0.3, -0.25) is 0 Å². The van der Waals surface area contributed by atoms with E-state index in [2.05, 4.69) is 25.7 Å². The number of hydrogen-bond acceptors (Lipinski definition) is 2. The average molecular weight is 211 g/mol. The molecule has 1 aliphatic heterocycles. The van der Waals surface area contributed by atoms with E-state index < -0.39 is 0 Å². The fourth-order valence-corrected chi connectivity index (χ4v) is 2.53. The molecule has 15 heavy (non-hydrogen) atoms. The topological polar surface area (TPSA) is 12.5 Å². The molecule has 0 bridgehead atoms. The summed E-state index contributed by atoms with van der Waals surface area (Å²) in [6.07, 6.45) is 5.92. The van der Waals surface area contributed by atoms with Crippen molar-refractivity contribution in [3.63, 3.8) is 0 Å². The van der Waals surface area contributed by atoms with Gasteiger partial charge in [0.1, 0.15) is 0 Å². The van der Waals surface area contributed by atoms with Crippen LogP contribution in [0.4, 0.5) is 0 Å². The van der Waals surface area contributed by atoms with Gasteiger partial charge in [0, 0.05) is 18.0 Å². The normalized spacial score (nSPS) is 30.0. The van der Waals surface area contributed by atoms with Crippen molar-refractivity contribution >= 4 is 0 Å². The lowest BCUT2D eigenvalue weighted by molar-refractivity contribution is 0.0302. The van der Waals surface area contributed by atoms with Gasteiger partial charge in [-0.25, -0.2) is 0 Å². The Hall–Kier alpha value is -0.0800. The maximum atomic E-state index is 5.79. The second kappa shape index (κ2) is 4.42. The molecule has 0 spiro atoms. The summed E-state index contributed by atoms with van der Waals surface area (Å²) in [7, 11) is 0. The van der Waals surface area contributed by atoms with E-state index in [1.807, 2.05) is 0 Å². The molecule has 0 amide bonds. The van der Waals surface area contributed by atoms with Crippen LogP contribution in [0, 0.1) is 5.41 Å². The smallest absolute Gasteiger partial charge is 0.0538 e. The van der Waals surface area contributed by atoms with Gasteiger partial charge in [-0.1, -0.05) is 0 Å². The monoisotopic (exact) mass is 211 g/mol. The molecule has 0 unspecified atom stereocenters. The standard InChI is InChI=1S/C13H25NO/c1-11(2)15-10-13(6-7-13)9-14-8-4-5-12(14)3/h11-12H,4-10H2,1-3H3/t12-/m0/s1. The van der Waals surface area contributed by atoms with Crippen LogP contribution in [-0.4, -0.2) is 36.7 Å². The van der Waals surface area contributed by atoms with E-state index in [0.717, 1.165) is 12.6 Å². The van der Waals surface area contributed by atoms with Gasteiger partial charge in [0.05, 0.1) is 12.7 Å². The van der Waals surface area contributed by atoms with Crippen LogP contribution >= 0.6 is 0 Å². The van der Waals surface area contributed by atoms with Gasteiger partial charge in [0.25, 0.3) is 0 Å². The third-order valence-corrected chi connectivity index (χ3v) is 3.91. The van der Waals surface area contributed by atoms with Crippen LogP contribution in [0.1, 0.15) is 46.5 Å². The molecule has 2 fully saturated rings. The number of nitrogens with zero attached hydrogens (tertiary/aromatic N) is 1. The Kier molecular flexibility index (Phi) is 3.36. The van der Waals surface area contributed by atoms with Crippen LogP contribution in [-0.2, 0) is 4.74 Å². The van der Waals surface area contributed by atoms with Crippen molar-refractivity contribution in [3.8, 4) is 0 Å². The summed E-state index contributed by atoms with van der Waals surface area (Å²) in [5.41, 5.74) is 0.531. The first kappa shape index (κ1) is 11.4. The maximum absolute atomic E-state index is 5.79. The van der Waals surface area contributed by atoms with Crippen molar-refractivity contribution in [1.82, 2.24) is 4.90 Å². The molecule has 2 heteroatoms. The molecule has 0 aromatic heterocycles. The van der Waals surface area contributed by atoms with Gasteiger partial charge in [-0.2, -0.15) is 0 Å². The van der Waals surface area contributed by atoms with E-state index in [1.165, 1.54) is 38.8 Å². The SMILES string of the molecule is CC(C)OCC1(CN2CCC[C@@H]2C)CC1. The van der Waals surface area contributed by atoms with E-state index in [0.29, 0.717) is 11.5 Å². The lowest BCUT2D eigenvalue weighted by atomic mass is 10.1. The molecule has 1 heterocycles. The maximum Gasteiger partial charge on any atom is 0.0538 e. The second-order valence-corrected chi connectivity index (χ2v) is 5.82. The molecule has 2 nitrogen and oxygen atoms in total. The lowest BCUT2D eigenvalue weighted by Crippen LogP contribution is -2.35. The Balaban J connectivity index is 1.77. The van der Waals surface area contributed by atoms with Gasteiger partial charge in [0.15, 0.2) is 0 Å². The fraction of sp³-hybridized carbons (Fsp3) is 1.00. The Labute approximate surface area is 94.0 Å². The second-order valence-electron chi connectivity index (χ2n) is 5.82. The average Bonchev–Trinajstić information content (AvgIpc) is 2.83. The van der Waals surface area contributed by atoms with Crippen molar-refractivity contribution in [2.75, 3.05) is 19.7 Å². The number of likely N-dealkylation sites (tertiary alicyclic amines) is 1. The molecule has 1 aliphatic carbocycles. The summed E-state index contributed by atoms with van der Waals surface area (Å²) in [4.78, 5) is 2.66. The van der Waals surface area contributed by atoms with Gasteiger partial charge in [-0.05, 0) is 53.0 Å². The Morgan fingerprint density at radius 3 is 2.60 bits per heavy atom. The molecule has 1 atom stereocenters. The highest BCUT2D eigenvalue weighted by atomic mass is 16.5. The Bertz CT molecular complexity index is 211. The van der Waals surface area contributed by atoms with Crippen LogP contribution in [0.25, 0.3) is 0 Å². The first-order valence-corrected chi connectivity index (χ1v) is 6.47. The largest absolute Gasteiger partial charge is 0.378 e. The third kappa shape index (κ3) is 2.94. The minimum Gasteiger partial charge on any atom is -0.378 e. The summed E-state index contributed by atoms with van der Waals surface area (Å²) < 4.78 is 5.79. The van der Waals surface area contributed by atoms with Crippen molar-refractivity contribution in [2.24, 2.45) is 5.41 Å². The highest BCUT2D eigenvalue weighted by molar-refractivity contribution is 4.97. The van der Waals surface area contributed by atoms with E-state index >= 15 is 0 Å². The van der Waals surface area contributed by atoms with E-state index in [9.17, 15) is 0 Å². The van der Waals surface area contributed by atoms with Crippen molar-refractivity contribution in [2.45, 2.75) is 58.6 Å². The Morgan fingerprint density at radius 1 is 1.40 bits per heavy atom. The number of ether oxygens (including phenoxy) is 1. The molecule has 0 aromatic carbocycles. The van der Waals surface area contributed by atoms with Crippen molar-refractivity contribution in [1.29, 1.82) is 0 Å². The first-order chi connectivity index (χ1) is 7.11. The molecule has 0 N–H and O–H groups in total. The number of rotatable bonds is 5. The van der Waals surface area contributed by atoms with Gasteiger partial charge in [-0.15, -0.1) is 0 Å². The van der Waals surface area contributed by atoms with Crippen LogP contribution in [0.3, 0.4) is 0 Å².